The minimum atomic E-state index is -6.33. The van der Waals surface area contributed by atoms with Crippen molar-refractivity contribution in [3.63, 3.8) is 0 Å². The smallest absolute Gasteiger partial charge is 0.411 e. The molecule has 0 heterocycles. The van der Waals surface area contributed by atoms with Crippen molar-refractivity contribution in [2.24, 2.45) is 0 Å². The minimum Gasteiger partial charge on any atom is -0.506 e. The van der Waals surface area contributed by atoms with Crippen LogP contribution in [0, 0.1) is 0 Å². The Bertz CT molecular complexity index is 4980. The second-order valence-electron chi connectivity index (χ2n) is 23.9. The molecule has 37 heteroatoms. The molecule has 580 valence electrons. The van der Waals surface area contributed by atoms with Crippen molar-refractivity contribution in [2.75, 3.05) is 38.9 Å². The Labute approximate surface area is 607 Å². The molecular formula is C73H54F18N6O13. The molecule has 0 aromatic heterocycles. The van der Waals surface area contributed by atoms with Gasteiger partial charge in [0, 0.05) is 43.1 Å². The van der Waals surface area contributed by atoms with Crippen LogP contribution in [0.4, 0.5) is 113 Å². The Morgan fingerprint density at radius 2 is 0.509 bits per heavy atom. The molecule has 0 unspecified atom stereocenters. The van der Waals surface area contributed by atoms with Gasteiger partial charge in [-0.25, -0.2) is 0 Å². The number of ether oxygens (including phenoxy) is 1. The molecule has 0 aliphatic carbocycles. The first-order valence-corrected chi connectivity index (χ1v) is 31.0. The van der Waals surface area contributed by atoms with Crippen LogP contribution in [-0.4, -0.2) is 110 Å². The van der Waals surface area contributed by atoms with Crippen LogP contribution in [-0.2, 0) is 25.8 Å². The van der Waals surface area contributed by atoms with Crippen LogP contribution < -0.4 is 36.6 Å². The molecule has 0 bridgehead atoms. The number of hydrogen-bond acceptors (Lipinski definition) is 14. The van der Waals surface area contributed by atoms with E-state index in [4.69, 9.17) is 4.74 Å². The number of amides is 5. The number of phenols is 6. The SMILES string of the molecule is CC(=O)Nc1cc(C(c2ccc(O)c(NC(=O)c3cccc(C(=O)Nc4cc(C(c5ccc(O)c(NC(=O)c6ccc(Oc7ccc(C(C)=O)cc7)cc6)c5)(C(F)(F)F)C(F)(F)F)ccc4O)c3)c2)(C(F)(F)F)C(F)(F)F)ccc1O.CNc1cc(C(c2ccc(O)c(NC(C)=O)c2)(C(F)(F)F)C(F)(F)F)ccc1O. The van der Waals surface area contributed by atoms with Crippen LogP contribution in [0.2, 0.25) is 0 Å². The maximum Gasteiger partial charge on any atom is 0.411 e. The highest BCUT2D eigenvalue weighted by molar-refractivity contribution is 6.10. The molecule has 5 amide bonds. The van der Waals surface area contributed by atoms with Crippen LogP contribution in [0.25, 0.3) is 0 Å². The second kappa shape index (κ2) is 30.8. The quantitative estimate of drug-likeness (QED) is 0.0216. The number of aromatic hydroxyl groups is 6. The summed E-state index contributed by atoms with van der Waals surface area (Å²) in [5.74, 6) is -10.8. The van der Waals surface area contributed by atoms with Crippen molar-refractivity contribution < 1.29 is 143 Å². The molecular weight excluding hydrogens is 1510 g/mol. The highest BCUT2D eigenvalue weighted by Crippen LogP contribution is 2.61. The summed E-state index contributed by atoms with van der Waals surface area (Å²) in [6, 6.07) is 21.1. The first-order valence-electron chi connectivity index (χ1n) is 31.0. The maximum absolute atomic E-state index is 15.4. The number of anilines is 6. The Morgan fingerprint density at radius 1 is 0.282 bits per heavy atom. The van der Waals surface area contributed by atoms with E-state index in [-0.39, 0.29) is 71.3 Å². The Kier molecular flexibility index (Phi) is 23.2. The second-order valence-corrected chi connectivity index (χ2v) is 23.9. The summed E-state index contributed by atoms with van der Waals surface area (Å²) in [6.07, 6.45) is -36.9. The fraction of sp³-hybridized carbons (Fsp3) is 0.178. The number of phenolic OH excluding ortho intramolecular Hbond substituents is 6. The largest absolute Gasteiger partial charge is 0.506 e. The van der Waals surface area contributed by atoms with E-state index in [0.29, 0.717) is 78.0 Å². The van der Waals surface area contributed by atoms with Gasteiger partial charge in [-0.05, 0) is 180 Å². The molecule has 0 fully saturated rings. The van der Waals surface area contributed by atoms with E-state index in [1.54, 1.807) is 0 Å². The fourth-order valence-electron chi connectivity index (χ4n) is 11.6. The monoisotopic (exact) mass is 1560 g/mol. The molecule has 0 radical (unpaired) electrons. The Hall–Kier alpha value is -12.9. The first kappa shape index (κ1) is 82.8. The summed E-state index contributed by atoms with van der Waals surface area (Å²) in [5.41, 5.74) is -29.5. The van der Waals surface area contributed by atoms with Gasteiger partial charge in [0.05, 0.1) is 34.1 Å². The predicted octanol–water partition coefficient (Wildman–Crippen LogP) is 17.5. The number of carbonyl (C=O) groups excluding carboxylic acids is 6. The highest BCUT2D eigenvalue weighted by atomic mass is 19.4. The lowest BCUT2D eigenvalue weighted by Crippen LogP contribution is -2.54. The zero-order valence-electron chi connectivity index (χ0n) is 56.2. The molecule has 0 atom stereocenters. The molecule has 0 aliphatic rings. The summed E-state index contributed by atoms with van der Waals surface area (Å²) < 4.78 is 273. The van der Waals surface area contributed by atoms with Gasteiger partial charge in [-0.1, -0.05) is 42.5 Å². The predicted molar refractivity (Wildman–Crippen MR) is 359 cm³/mol. The zero-order valence-corrected chi connectivity index (χ0v) is 56.2. The van der Waals surface area contributed by atoms with Gasteiger partial charge in [0.15, 0.2) is 5.78 Å². The number of ketones is 1. The van der Waals surface area contributed by atoms with E-state index < -0.39 is 190 Å². The van der Waals surface area contributed by atoms with E-state index in [9.17, 15) is 85.7 Å². The normalized spacial score (nSPS) is 12.3. The lowest BCUT2D eigenvalue weighted by molar-refractivity contribution is -0.290. The molecule has 9 aromatic rings. The van der Waals surface area contributed by atoms with Gasteiger partial charge in [0.25, 0.3) is 17.7 Å². The summed E-state index contributed by atoms with van der Waals surface area (Å²) >= 11 is 0. The number of benzene rings is 9. The number of halogens is 18. The van der Waals surface area contributed by atoms with Gasteiger partial charge < -0.3 is 67.3 Å². The van der Waals surface area contributed by atoms with Crippen molar-refractivity contribution >= 4 is 69.4 Å². The summed E-state index contributed by atoms with van der Waals surface area (Å²) in [6.45, 7) is 3.19. The van der Waals surface area contributed by atoms with E-state index >= 15 is 52.7 Å². The van der Waals surface area contributed by atoms with Gasteiger partial charge in [-0.15, -0.1) is 0 Å². The van der Waals surface area contributed by atoms with E-state index in [2.05, 4.69) is 10.6 Å². The molecule has 0 spiro atoms. The number of alkyl halides is 18. The number of carbonyl (C=O) groups is 6. The van der Waals surface area contributed by atoms with Crippen molar-refractivity contribution in [3.8, 4) is 46.0 Å². The van der Waals surface area contributed by atoms with Crippen LogP contribution >= 0.6 is 0 Å². The van der Waals surface area contributed by atoms with Crippen molar-refractivity contribution in [1.29, 1.82) is 0 Å². The van der Waals surface area contributed by atoms with Crippen LogP contribution in [0.15, 0.2) is 182 Å². The Morgan fingerprint density at radius 3 is 0.745 bits per heavy atom. The zero-order chi connectivity index (χ0) is 82.0. The fourth-order valence-corrected chi connectivity index (χ4v) is 11.6. The third-order valence-corrected chi connectivity index (χ3v) is 16.8. The molecule has 0 saturated carbocycles. The average Bonchev–Trinajstić information content (AvgIpc) is 0.725. The van der Waals surface area contributed by atoms with Crippen LogP contribution in [0.1, 0.15) is 95.6 Å². The summed E-state index contributed by atoms with van der Waals surface area (Å²) in [7, 11) is 1.22. The lowest BCUT2D eigenvalue weighted by atomic mass is 9.72. The van der Waals surface area contributed by atoms with Gasteiger partial charge in [0.1, 0.15) is 46.0 Å². The first-order chi connectivity index (χ1) is 50.9. The average molecular weight is 1570 g/mol. The standard InChI is InChI=1S/C55H38F12N4O10.C18H16F6N2O3/c1-27(72)29-6-14-37(15-7-29)81-38-16-8-30(9-17-38)47(78)69-40-24-34(11-19-44(40)75)51(54(62,63)64,55(65,66)67)36-13-21-46(77)42(26-36)71-49(80)32-5-3-4-31(22-32)48(79)70-41-25-35(12-20-45(41)76)50(52(56,57)58,53(59,60)61)33-10-18-43(74)39(23-33)68-28(2)73;1-9(27)26-13-8-11(4-6-15(13)29)16(17(19,20)21,18(22,23)24)10-3-5-14(28)12(7-10)25-2/h3-26,74-77H,1-2H3,(H,68,73)(H,69,78)(H,70,79)(H,71,80);3-8,25,28-29H,1-2H3,(H,26,27). The van der Waals surface area contributed by atoms with E-state index in [0.717, 1.165) is 32.0 Å². The van der Waals surface area contributed by atoms with Crippen molar-refractivity contribution in [1.82, 2.24) is 0 Å². The molecule has 110 heavy (non-hydrogen) atoms. The summed E-state index contributed by atoms with van der Waals surface area (Å²) in [4.78, 5) is 74.9. The van der Waals surface area contributed by atoms with E-state index in [1.165, 1.54) is 62.5 Å². The number of Topliss-reactive ketones (excluding diaryl/α,β-unsaturated/α-hetero) is 1. The Balaban J connectivity index is 0.000000438. The molecule has 9 aromatic carbocycles. The third kappa shape index (κ3) is 16.3. The third-order valence-electron chi connectivity index (χ3n) is 16.8. The van der Waals surface area contributed by atoms with Crippen molar-refractivity contribution in [2.45, 2.75) is 74.1 Å². The van der Waals surface area contributed by atoms with Gasteiger partial charge in [-0.2, -0.15) is 79.0 Å². The topological polar surface area (TPSA) is 305 Å². The molecule has 19 nitrogen and oxygen atoms in total. The molecule has 0 saturated heterocycles. The maximum atomic E-state index is 15.4. The van der Waals surface area contributed by atoms with Crippen LogP contribution in [0.3, 0.4) is 0 Å². The van der Waals surface area contributed by atoms with Gasteiger partial charge in [0.2, 0.25) is 28.1 Å². The molecule has 9 rings (SSSR count). The highest BCUT2D eigenvalue weighted by Gasteiger charge is 2.75. The number of nitrogens with one attached hydrogen (secondary N) is 6. The van der Waals surface area contributed by atoms with Crippen molar-refractivity contribution in [3.05, 3.63) is 238 Å². The summed E-state index contributed by atoms with van der Waals surface area (Å²) in [5, 5.41) is 73.5. The molecule has 12 N–H and O–H groups in total. The molecule has 0 aliphatic heterocycles. The van der Waals surface area contributed by atoms with E-state index in [1.807, 2.05) is 21.3 Å². The number of hydrogen-bond donors (Lipinski definition) is 12. The lowest BCUT2D eigenvalue weighted by Gasteiger charge is -2.38. The number of rotatable bonds is 18. The van der Waals surface area contributed by atoms with Gasteiger partial charge in [-0.3, -0.25) is 28.8 Å². The van der Waals surface area contributed by atoms with Crippen LogP contribution in [0.5, 0.6) is 46.0 Å². The van der Waals surface area contributed by atoms with Gasteiger partial charge >= 0.3 is 37.1 Å². The minimum absolute atomic E-state index is 0.119.